The van der Waals surface area contributed by atoms with Crippen molar-refractivity contribution in [2.45, 2.75) is 40.0 Å². The Morgan fingerprint density at radius 2 is 1.54 bits per heavy atom. The Labute approximate surface area is 80.4 Å². The van der Waals surface area contributed by atoms with E-state index >= 15 is 0 Å². The highest BCUT2D eigenvalue weighted by atomic mass is 16.3. The van der Waals surface area contributed by atoms with E-state index in [0.717, 1.165) is 24.8 Å². The smallest absolute Gasteiger partial charge is 0.182 e. The first-order valence-corrected chi connectivity index (χ1v) is 5.05. The van der Waals surface area contributed by atoms with E-state index in [9.17, 15) is 5.11 Å². The molecule has 0 saturated carbocycles. The molecule has 0 atom stereocenters. The van der Waals surface area contributed by atoms with Crippen LogP contribution in [0.15, 0.2) is 12.1 Å². The van der Waals surface area contributed by atoms with E-state index in [-0.39, 0.29) is 5.75 Å². The topological polar surface area (TPSA) is 19.9 Å². The molecule has 0 unspecified atom stereocenters. The number of hydrogen-bond acceptors (Lipinski definition) is 0. The van der Waals surface area contributed by atoms with Crippen molar-refractivity contribution in [2.75, 3.05) is 0 Å². The number of hydrogen-bond donors (Lipinski definition) is 0. The third-order valence-electron chi connectivity index (χ3n) is 2.57. The lowest BCUT2D eigenvalue weighted by Crippen LogP contribution is -1.97. The monoisotopic (exact) mass is 177 g/mol. The molecule has 1 heteroatoms. The minimum atomic E-state index is 0.205. The second-order valence-electron chi connectivity index (χ2n) is 3.24. The zero-order chi connectivity index (χ0) is 9.84. The molecular formula is C12H17O. The molecule has 0 bridgehead atoms. The van der Waals surface area contributed by atoms with Crippen LogP contribution < -0.4 is 0 Å². The molecule has 0 aliphatic rings. The first kappa shape index (κ1) is 10.1. The van der Waals surface area contributed by atoms with Gasteiger partial charge in [-0.1, -0.05) is 26.8 Å². The van der Waals surface area contributed by atoms with Crippen molar-refractivity contribution < 1.29 is 5.11 Å². The van der Waals surface area contributed by atoms with Crippen LogP contribution in [0.4, 0.5) is 0 Å². The SMILES string of the molecule is CCc1ccc([O])c(CC)c1CC. The third kappa shape index (κ3) is 1.85. The molecule has 0 amide bonds. The van der Waals surface area contributed by atoms with E-state index in [0.29, 0.717) is 0 Å². The van der Waals surface area contributed by atoms with Crippen LogP contribution in [0.25, 0.3) is 0 Å². The summed E-state index contributed by atoms with van der Waals surface area (Å²) < 4.78 is 0. The van der Waals surface area contributed by atoms with Gasteiger partial charge in [0.15, 0.2) is 5.75 Å². The van der Waals surface area contributed by atoms with Gasteiger partial charge in [0.05, 0.1) is 0 Å². The van der Waals surface area contributed by atoms with Crippen LogP contribution in [0, 0.1) is 0 Å². The molecule has 1 rings (SSSR count). The summed E-state index contributed by atoms with van der Waals surface area (Å²) in [7, 11) is 0. The van der Waals surface area contributed by atoms with Gasteiger partial charge in [-0.05, 0) is 36.5 Å². The fourth-order valence-electron chi connectivity index (χ4n) is 1.88. The van der Waals surface area contributed by atoms with Crippen LogP contribution in [-0.4, -0.2) is 0 Å². The van der Waals surface area contributed by atoms with E-state index in [1.165, 1.54) is 11.1 Å². The minimum absolute atomic E-state index is 0.205. The normalized spacial score (nSPS) is 10.4. The fourth-order valence-corrected chi connectivity index (χ4v) is 1.88. The molecule has 0 N–H and O–H groups in total. The standard InChI is InChI=1S/C12H17O/c1-4-9-7-8-12(13)11(6-3)10(9)5-2/h7-8H,4-6H2,1-3H3. The molecule has 0 aliphatic heterocycles. The van der Waals surface area contributed by atoms with Crippen molar-refractivity contribution >= 4 is 0 Å². The van der Waals surface area contributed by atoms with Crippen molar-refractivity contribution in [3.05, 3.63) is 28.8 Å². The summed E-state index contributed by atoms with van der Waals surface area (Å²) in [6, 6.07) is 3.68. The zero-order valence-electron chi connectivity index (χ0n) is 8.68. The molecular weight excluding hydrogens is 160 g/mol. The lowest BCUT2D eigenvalue weighted by molar-refractivity contribution is 0.349. The maximum Gasteiger partial charge on any atom is 0.182 e. The van der Waals surface area contributed by atoms with Gasteiger partial charge in [-0.3, -0.25) is 5.11 Å². The molecule has 71 valence electrons. The molecule has 0 heterocycles. The van der Waals surface area contributed by atoms with E-state index in [1.54, 1.807) is 6.07 Å². The molecule has 0 saturated heterocycles. The fraction of sp³-hybridized carbons (Fsp3) is 0.500. The maximum atomic E-state index is 11.5. The van der Waals surface area contributed by atoms with Gasteiger partial charge in [0.1, 0.15) is 0 Å². The van der Waals surface area contributed by atoms with Gasteiger partial charge in [0.2, 0.25) is 0 Å². The molecule has 1 nitrogen and oxygen atoms in total. The second-order valence-corrected chi connectivity index (χ2v) is 3.24. The Balaban J connectivity index is 3.27. The van der Waals surface area contributed by atoms with Crippen LogP contribution in [0.1, 0.15) is 37.5 Å². The van der Waals surface area contributed by atoms with Crippen LogP contribution in [0.2, 0.25) is 0 Å². The Morgan fingerprint density at radius 3 is 2.00 bits per heavy atom. The van der Waals surface area contributed by atoms with E-state index < -0.39 is 0 Å². The zero-order valence-corrected chi connectivity index (χ0v) is 8.68. The largest absolute Gasteiger partial charge is 0.290 e. The number of aryl methyl sites for hydroxylation is 1. The Kier molecular flexibility index (Phi) is 3.35. The second kappa shape index (κ2) is 4.31. The van der Waals surface area contributed by atoms with Crippen molar-refractivity contribution in [3.8, 4) is 5.75 Å². The van der Waals surface area contributed by atoms with Crippen LogP contribution >= 0.6 is 0 Å². The van der Waals surface area contributed by atoms with E-state index in [2.05, 4.69) is 20.8 Å². The van der Waals surface area contributed by atoms with E-state index in [1.807, 2.05) is 6.07 Å². The molecule has 13 heavy (non-hydrogen) atoms. The van der Waals surface area contributed by atoms with Gasteiger partial charge < -0.3 is 0 Å². The lowest BCUT2D eigenvalue weighted by atomic mass is 9.95. The average molecular weight is 177 g/mol. The van der Waals surface area contributed by atoms with Crippen molar-refractivity contribution in [1.29, 1.82) is 0 Å². The average Bonchev–Trinajstić information content (AvgIpc) is 2.17. The van der Waals surface area contributed by atoms with E-state index in [4.69, 9.17) is 0 Å². The summed E-state index contributed by atoms with van der Waals surface area (Å²) in [5, 5.41) is 11.5. The quantitative estimate of drug-likeness (QED) is 0.673. The summed E-state index contributed by atoms with van der Waals surface area (Å²) in [6.07, 6.45) is 2.86. The van der Waals surface area contributed by atoms with Gasteiger partial charge in [-0.15, -0.1) is 0 Å². The predicted molar refractivity (Wildman–Crippen MR) is 54.7 cm³/mol. The molecule has 1 radical (unpaired) electrons. The maximum absolute atomic E-state index is 11.5. The van der Waals surface area contributed by atoms with Crippen LogP contribution in [0.3, 0.4) is 0 Å². The predicted octanol–water partition coefficient (Wildman–Crippen LogP) is 3.52. The van der Waals surface area contributed by atoms with Crippen molar-refractivity contribution in [1.82, 2.24) is 0 Å². The summed E-state index contributed by atoms with van der Waals surface area (Å²) in [6.45, 7) is 6.31. The number of benzene rings is 1. The van der Waals surface area contributed by atoms with Gasteiger partial charge in [-0.2, -0.15) is 0 Å². The lowest BCUT2D eigenvalue weighted by Gasteiger charge is -2.11. The summed E-state index contributed by atoms with van der Waals surface area (Å²) in [4.78, 5) is 0. The summed E-state index contributed by atoms with van der Waals surface area (Å²) in [5.41, 5.74) is 3.62. The Hall–Kier alpha value is -0.980. The number of rotatable bonds is 3. The molecule has 0 aliphatic carbocycles. The third-order valence-corrected chi connectivity index (χ3v) is 2.57. The molecule has 0 spiro atoms. The Bertz CT molecular complexity index is 289. The molecule has 0 aromatic heterocycles. The van der Waals surface area contributed by atoms with Crippen LogP contribution in [-0.2, 0) is 24.4 Å². The highest BCUT2D eigenvalue weighted by Gasteiger charge is 2.09. The summed E-state index contributed by atoms with van der Waals surface area (Å²) in [5.74, 6) is 0.205. The highest BCUT2D eigenvalue weighted by molar-refractivity contribution is 5.44. The van der Waals surface area contributed by atoms with Gasteiger partial charge in [-0.25, -0.2) is 0 Å². The molecule has 1 aromatic carbocycles. The van der Waals surface area contributed by atoms with Gasteiger partial charge in [0, 0.05) is 5.56 Å². The van der Waals surface area contributed by atoms with Crippen LogP contribution in [0.5, 0.6) is 5.75 Å². The summed E-state index contributed by atoms with van der Waals surface area (Å²) >= 11 is 0. The first-order chi connectivity index (χ1) is 6.24. The van der Waals surface area contributed by atoms with Crippen molar-refractivity contribution in [2.24, 2.45) is 0 Å². The highest BCUT2D eigenvalue weighted by Crippen LogP contribution is 2.26. The minimum Gasteiger partial charge on any atom is -0.290 e. The molecule has 0 fully saturated rings. The van der Waals surface area contributed by atoms with Gasteiger partial charge >= 0.3 is 0 Å². The molecule has 1 aromatic rings. The first-order valence-electron chi connectivity index (χ1n) is 5.05. The van der Waals surface area contributed by atoms with Crippen molar-refractivity contribution in [3.63, 3.8) is 0 Å². The Morgan fingerprint density at radius 1 is 0.923 bits per heavy atom. The van der Waals surface area contributed by atoms with Gasteiger partial charge in [0.25, 0.3) is 0 Å².